The number of rotatable bonds is 10. The smallest absolute Gasteiger partial charge is 0.409 e. The second kappa shape index (κ2) is 11.6. The number of nitrogens with two attached hydrogens (primary N) is 1. The Morgan fingerprint density at radius 1 is 1.17 bits per heavy atom. The van der Waals surface area contributed by atoms with Gasteiger partial charge in [-0.15, -0.1) is 0 Å². The maximum atomic E-state index is 12.0. The van der Waals surface area contributed by atoms with Gasteiger partial charge in [0, 0.05) is 5.69 Å². The molecule has 2 aromatic rings. The zero-order chi connectivity index (χ0) is 21.9. The number of carboxylic acids is 1. The Bertz CT molecular complexity index is 910. The number of hydrogen-bond donors (Lipinski definition) is 5. The van der Waals surface area contributed by atoms with Gasteiger partial charge in [-0.05, 0) is 23.3 Å². The molecule has 0 aliphatic rings. The molecule has 6 N–H and O–H groups in total. The summed E-state index contributed by atoms with van der Waals surface area (Å²) in [4.78, 5) is 23.1. The van der Waals surface area contributed by atoms with Crippen molar-refractivity contribution in [2.75, 3.05) is 12.0 Å². The summed E-state index contributed by atoms with van der Waals surface area (Å²) in [5.41, 5.74) is 6.55. The Labute approximate surface area is 172 Å². The van der Waals surface area contributed by atoms with Gasteiger partial charge in [-0.3, -0.25) is 24.3 Å². The van der Waals surface area contributed by atoms with Gasteiger partial charge in [-0.2, -0.15) is 0 Å². The fraction of sp³-hybridized carbons (Fsp3) is 0.167. The molecule has 30 heavy (non-hydrogen) atoms. The Balaban J connectivity index is 1.82. The monoisotopic (exact) mass is 436 g/mol. The van der Waals surface area contributed by atoms with Crippen LogP contribution in [0.25, 0.3) is 0 Å². The van der Waals surface area contributed by atoms with Gasteiger partial charge in [-0.25, -0.2) is 9.59 Å². The van der Waals surface area contributed by atoms with Crippen LogP contribution in [0.15, 0.2) is 54.6 Å². The van der Waals surface area contributed by atoms with E-state index in [0.29, 0.717) is 5.69 Å². The Morgan fingerprint density at radius 3 is 2.57 bits per heavy atom. The van der Waals surface area contributed by atoms with Crippen LogP contribution in [0.5, 0.6) is 0 Å². The van der Waals surface area contributed by atoms with Crippen molar-refractivity contribution in [2.24, 2.45) is 5.73 Å². The van der Waals surface area contributed by atoms with Gasteiger partial charge in [0.2, 0.25) is 0 Å². The summed E-state index contributed by atoms with van der Waals surface area (Å²) in [5, 5.41) is 21.3. The molecule has 0 saturated carbocycles. The summed E-state index contributed by atoms with van der Waals surface area (Å²) in [6.45, 7) is -0.451. The lowest BCUT2D eigenvalue weighted by molar-refractivity contribution is -0.145. The predicted molar refractivity (Wildman–Crippen MR) is 108 cm³/mol. The zero-order valence-electron chi connectivity index (χ0n) is 15.7. The molecular formula is C18H21N4O7P. The van der Waals surface area contributed by atoms with Crippen molar-refractivity contribution in [1.82, 2.24) is 5.32 Å². The van der Waals surface area contributed by atoms with Crippen molar-refractivity contribution in [2.45, 2.75) is 12.7 Å². The maximum Gasteiger partial charge on any atom is 0.409 e. The van der Waals surface area contributed by atoms with Gasteiger partial charge in [0.05, 0.1) is 0 Å². The Hall–Kier alpha value is -3.40. The van der Waals surface area contributed by atoms with E-state index >= 15 is 0 Å². The maximum absolute atomic E-state index is 12.0. The van der Waals surface area contributed by atoms with Crippen LogP contribution >= 0.6 is 8.25 Å². The number of carbonyl (C=O) groups is 2. The predicted octanol–water partition coefficient (Wildman–Crippen LogP) is 2.42. The normalized spacial score (nSPS) is 12.4. The molecule has 160 valence electrons. The Morgan fingerprint density at radius 2 is 1.90 bits per heavy atom. The van der Waals surface area contributed by atoms with Gasteiger partial charge in [-0.1, -0.05) is 42.5 Å². The zero-order valence-corrected chi connectivity index (χ0v) is 16.7. The number of carboxylic acid groups (broad SMARTS) is 1. The van der Waals surface area contributed by atoms with E-state index < -0.39 is 33.2 Å². The highest BCUT2D eigenvalue weighted by atomic mass is 31.1. The molecule has 2 unspecified atom stereocenters. The summed E-state index contributed by atoms with van der Waals surface area (Å²) in [5.74, 6) is -1.73. The highest BCUT2D eigenvalue weighted by Gasteiger charge is 2.24. The van der Waals surface area contributed by atoms with E-state index in [1.165, 1.54) is 18.2 Å². The second-order valence-electron chi connectivity index (χ2n) is 5.78. The quantitative estimate of drug-likeness (QED) is 0.162. The van der Waals surface area contributed by atoms with E-state index in [4.69, 9.17) is 24.9 Å². The molecule has 2 atom stereocenters. The SMILES string of the molecule is N=C(N)Nc1cccc(C(O[PH](=O)OCNC(=O)OCc2ccccc2)C(=O)O)c1. The lowest BCUT2D eigenvalue weighted by Gasteiger charge is -2.15. The van der Waals surface area contributed by atoms with Crippen LogP contribution in [0.2, 0.25) is 0 Å². The highest BCUT2D eigenvalue weighted by molar-refractivity contribution is 7.33. The van der Waals surface area contributed by atoms with Crippen LogP contribution in [0.4, 0.5) is 10.5 Å². The molecule has 2 aromatic carbocycles. The number of alkyl carbamates (subject to hydrolysis) is 1. The van der Waals surface area contributed by atoms with Gasteiger partial charge in [0.1, 0.15) is 13.3 Å². The molecule has 0 aliphatic heterocycles. The first-order valence-corrected chi connectivity index (χ1v) is 9.79. The van der Waals surface area contributed by atoms with Crippen molar-refractivity contribution >= 4 is 32.0 Å². The molecule has 0 heterocycles. The first-order valence-electron chi connectivity index (χ1n) is 8.57. The third kappa shape index (κ3) is 7.92. The van der Waals surface area contributed by atoms with Crippen molar-refractivity contribution < 1.29 is 33.0 Å². The molecule has 1 amide bonds. The van der Waals surface area contributed by atoms with E-state index in [-0.39, 0.29) is 18.1 Å². The lowest BCUT2D eigenvalue weighted by atomic mass is 10.1. The lowest BCUT2D eigenvalue weighted by Crippen LogP contribution is -2.26. The summed E-state index contributed by atoms with van der Waals surface area (Å²) in [6, 6.07) is 14.9. The minimum atomic E-state index is -3.27. The Kier molecular flexibility index (Phi) is 8.82. The van der Waals surface area contributed by atoms with E-state index in [1.807, 2.05) is 6.07 Å². The van der Waals surface area contributed by atoms with E-state index in [9.17, 15) is 19.3 Å². The number of hydrogen-bond acceptors (Lipinski definition) is 7. The summed E-state index contributed by atoms with van der Waals surface area (Å²) >= 11 is 0. The van der Waals surface area contributed by atoms with Gasteiger partial charge < -0.3 is 20.9 Å². The van der Waals surface area contributed by atoms with Crippen LogP contribution in [0.1, 0.15) is 17.2 Å². The first kappa shape index (κ1) is 22.9. The first-order chi connectivity index (χ1) is 14.3. The van der Waals surface area contributed by atoms with E-state index in [0.717, 1.165) is 5.56 Å². The minimum Gasteiger partial charge on any atom is -0.479 e. The number of aliphatic carboxylic acids is 1. The number of ether oxygens (including phenoxy) is 1. The summed E-state index contributed by atoms with van der Waals surface area (Å²) < 4.78 is 26.8. The average molecular weight is 436 g/mol. The molecule has 12 heteroatoms. The minimum absolute atomic E-state index is 0.0457. The van der Waals surface area contributed by atoms with Crippen LogP contribution < -0.4 is 16.4 Å². The average Bonchev–Trinajstić information content (AvgIpc) is 2.71. The molecule has 0 spiro atoms. The third-order valence-electron chi connectivity index (χ3n) is 3.53. The fourth-order valence-electron chi connectivity index (χ4n) is 2.25. The molecule has 11 nitrogen and oxygen atoms in total. The molecule has 0 fully saturated rings. The van der Waals surface area contributed by atoms with Crippen molar-refractivity contribution in [3.63, 3.8) is 0 Å². The van der Waals surface area contributed by atoms with Crippen LogP contribution in [0.3, 0.4) is 0 Å². The molecule has 2 rings (SSSR count). The van der Waals surface area contributed by atoms with Gasteiger partial charge in [0.25, 0.3) is 0 Å². The number of anilines is 1. The van der Waals surface area contributed by atoms with Gasteiger partial charge >= 0.3 is 20.3 Å². The van der Waals surface area contributed by atoms with Crippen molar-refractivity contribution in [3.05, 3.63) is 65.7 Å². The molecule has 0 radical (unpaired) electrons. The largest absolute Gasteiger partial charge is 0.479 e. The summed E-state index contributed by atoms with van der Waals surface area (Å²) in [7, 11) is -3.27. The standard InChI is InChI=1S/C18H21N4O7P/c19-17(20)22-14-8-4-7-13(9-14)15(16(23)24)29-30(26)28-11-21-18(25)27-10-12-5-2-1-3-6-12/h1-9,15,30H,10-11H2,(H,21,25)(H,23,24)(H4,19,20,22). The van der Waals surface area contributed by atoms with Crippen LogP contribution in [-0.4, -0.2) is 29.9 Å². The van der Waals surface area contributed by atoms with E-state index in [1.54, 1.807) is 30.3 Å². The van der Waals surface area contributed by atoms with Crippen molar-refractivity contribution in [1.29, 1.82) is 5.41 Å². The summed E-state index contributed by atoms with van der Waals surface area (Å²) in [6.07, 6.45) is -2.39. The number of benzene rings is 2. The molecular weight excluding hydrogens is 415 g/mol. The molecule has 0 saturated heterocycles. The van der Waals surface area contributed by atoms with E-state index in [2.05, 4.69) is 10.6 Å². The van der Waals surface area contributed by atoms with Crippen LogP contribution in [-0.2, 0) is 29.8 Å². The highest BCUT2D eigenvalue weighted by Crippen LogP contribution is 2.33. The number of nitrogens with one attached hydrogen (secondary N) is 3. The molecule has 0 aliphatic carbocycles. The van der Waals surface area contributed by atoms with Crippen molar-refractivity contribution in [3.8, 4) is 0 Å². The number of amides is 1. The van der Waals surface area contributed by atoms with Gasteiger partial charge in [0.15, 0.2) is 12.1 Å². The molecule has 0 aromatic heterocycles. The topological polar surface area (TPSA) is 173 Å². The van der Waals surface area contributed by atoms with Crippen LogP contribution in [0, 0.1) is 5.41 Å². The number of guanidine groups is 1. The fourth-order valence-corrected chi connectivity index (χ4v) is 2.94. The second-order valence-corrected chi connectivity index (χ2v) is 6.80. The third-order valence-corrected chi connectivity index (χ3v) is 4.33. The molecule has 0 bridgehead atoms. The number of carbonyl (C=O) groups excluding carboxylic acids is 1.